The fourth-order valence-corrected chi connectivity index (χ4v) is 2.74. The first kappa shape index (κ1) is 19.4. The second-order valence-corrected chi connectivity index (χ2v) is 6.04. The van der Waals surface area contributed by atoms with Gasteiger partial charge >= 0.3 is 0 Å². The van der Waals surface area contributed by atoms with Gasteiger partial charge in [-0.2, -0.15) is 0 Å². The van der Waals surface area contributed by atoms with Crippen molar-refractivity contribution in [1.29, 1.82) is 0 Å². The van der Waals surface area contributed by atoms with Gasteiger partial charge in [-0.15, -0.1) is 12.4 Å². The quantitative estimate of drug-likeness (QED) is 0.887. The molecule has 1 aromatic carbocycles. The van der Waals surface area contributed by atoms with Gasteiger partial charge in [0.15, 0.2) is 6.10 Å². The van der Waals surface area contributed by atoms with Gasteiger partial charge in [0.25, 0.3) is 5.91 Å². The third-order valence-corrected chi connectivity index (χ3v) is 4.51. The maximum atomic E-state index is 12.4. The summed E-state index contributed by atoms with van der Waals surface area (Å²) in [5.41, 5.74) is 0. The standard InChI is InChI=1S/C15H20Cl2N2O2.ClH/c1-10(21-12-3-4-13(16)14(17)9-12)15(20)19-7-5-11(18-2)6-8-19;/h3-4,9-11,18H,5-8H2,1-2H3;1H. The van der Waals surface area contributed by atoms with Crippen molar-refractivity contribution in [3.05, 3.63) is 28.2 Å². The highest BCUT2D eigenvalue weighted by molar-refractivity contribution is 6.42. The topological polar surface area (TPSA) is 41.6 Å². The van der Waals surface area contributed by atoms with E-state index in [2.05, 4.69) is 5.32 Å². The number of piperidine rings is 1. The molecule has 0 spiro atoms. The molecule has 22 heavy (non-hydrogen) atoms. The minimum atomic E-state index is -0.534. The van der Waals surface area contributed by atoms with E-state index in [-0.39, 0.29) is 18.3 Å². The molecule has 1 N–H and O–H groups in total. The molecule has 1 saturated heterocycles. The van der Waals surface area contributed by atoms with E-state index in [1.165, 1.54) is 0 Å². The molecule has 7 heteroatoms. The molecular formula is C15H21Cl3N2O2. The van der Waals surface area contributed by atoms with Crippen LogP contribution in [0.3, 0.4) is 0 Å². The third-order valence-electron chi connectivity index (χ3n) is 3.77. The van der Waals surface area contributed by atoms with Gasteiger partial charge in [0.1, 0.15) is 5.75 Å². The maximum Gasteiger partial charge on any atom is 0.263 e. The Kier molecular flexibility index (Phi) is 7.77. The van der Waals surface area contributed by atoms with Gasteiger partial charge in [0, 0.05) is 25.2 Å². The van der Waals surface area contributed by atoms with Crippen molar-refractivity contribution in [3.63, 3.8) is 0 Å². The number of halogens is 3. The highest BCUT2D eigenvalue weighted by Crippen LogP contribution is 2.27. The number of nitrogens with one attached hydrogen (secondary N) is 1. The van der Waals surface area contributed by atoms with E-state index in [9.17, 15) is 4.79 Å². The Bertz CT molecular complexity index is 506. The Morgan fingerprint density at radius 2 is 1.95 bits per heavy atom. The smallest absolute Gasteiger partial charge is 0.263 e. The maximum absolute atomic E-state index is 12.4. The number of amides is 1. The predicted octanol–water partition coefficient (Wildman–Crippen LogP) is 3.39. The summed E-state index contributed by atoms with van der Waals surface area (Å²) in [6.45, 7) is 3.29. The lowest BCUT2D eigenvalue weighted by Crippen LogP contribution is -2.48. The number of benzene rings is 1. The molecule has 1 amide bonds. The molecule has 1 atom stereocenters. The summed E-state index contributed by atoms with van der Waals surface area (Å²) < 4.78 is 5.67. The minimum absolute atomic E-state index is 0. The van der Waals surface area contributed by atoms with Crippen molar-refractivity contribution in [1.82, 2.24) is 10.2 Å². The summed E-state index contributed by atoms with van der Waals surface area (Å²) in [6, 6.07) is 5.50. The van der Waals surface area contributed by atoms with Crippen LogP contribution < -0.4 is 10.1 Å². The van der Waals surface area contributed by atoms with E-state index in [4.69, 9.17) is 27.9 Å². The van der Waals surface area contributed by atoms with Crippen LogP contribution in [0.15, 0.2) is 18.2 Å². The molecule has 0 aromatic heterocycles. The molecule has 1 aromatic rings. The fourth-order valence-electron chi connectivity index (χ4n) is 2.45. The average Bonchev–Trinajstić information content (AvgIpc) is 2.50. The summed E-state index contributed by atoms with van der Waals surface area (Å²) in [5.74, 6) is 0.561. The first-order chi connectivity index (χ1) is 10.0. The molecule has 124 valence electrons. The third kappa shape index (κ3) is 4.92. The number of likely N-dealkylation sites (tertiary alicyclic amines) is 1. The van der Waals surface area contributed by atoms with Crippen LogP contribution in [0.5, 0.6) is 5.75 Å². The summed E-state index contributed by atoms with van der Waals surface area (Å²) in [4.78, 5) is 14.2. The summed E-state index contributed by atoms with van der Waals surface area (Å²) in [5, 5.41) is 4.14. The predicted molar refractivity (Wildman–Crippen MR) is 92.5 cm³/mol. The number of ether oxygens (including phenoxy) is 1. The van der Waals surface area contributed by atoms with E-state index in [0.29, 0.717) is 21.8 Å². The highest BCUT2D eigenvalue weighted by atomic mass is 35.5. The van der Waals surface area contributed by atoms with Gasteiger partial charge in [-0.25, -0.2) is 0 Å². The monoisotopic (exact) mass is 366 g/mol. The van der Waals surface area contributed by atoms with E-state index in [0.717, 1.165) is 25.9 Å². The van der Waals surface area contributed by atoms with Gasteiger partial charge in [0.2, 0.25) is 0 Å². The van der Waals surface area contributed by atoms with E-state index < -0.39 is 6.10 Å². The number of carbonyl (C=O) groups excluding carboxylic acids is 1. The normalized spacial score (nSPS) is 16.8. The Morgan fingerprint density at radius 1 is 1.32 bits per heavy atom. The first-order valence-electron chi connectivity index (χ1n) is 7.09. The van der Waals surface area contributed by atoms with Crippen LogP contribution in [-0.2, 0) is 4.79 Å². The van der Waals surface area contributed by atoms with Crippen LogP contribution in [0.2, 0.25) is 10.0 Å². The summed E-state index contributed by atoms with van der Waals surface area (Å²) >= 11 is 11.8. The fraction of sp³-hybridized carbons (Fsp3) is 0.533. The van der Waals surface area contributed by atoms with Crippen LogP contribution in [0.1, 0.15) is 19.8 Å². The van der Waals surface area contributed by atoms with Crippen molar-refractivity contribution in [3.8, 4) is 5.75 Å². The molecule has 2 rings (SSSR count). The number of rotatable bonds is 4. The van der Waals surface area contributed by atoms with Gasteiger partial charge < -0.3 is 15.0 Å². The van der Waals surface area contributed by atoms with E-state index >= 15 is 0 Å². The van der Waals surface area contributed by atoms with Crippen molar-refractivity contribution in [2.24, 2.45) is 0 Å². The molecule has 1 aliphatic heterocycles. The average molecular weight is 368 g/mol. The Morgan fingerprint density at radius 3 is 2.50 bits per heavy atom. The van der Waals surface area contributed by atoms with Crippen LogP contribution in [0.4, 0.5) is 0 Å². The molecular weight excluding hydrogens is 347 g/mol. The number of hydrogen-bond acceptors (Lipinski definition) is 3. The first-order valence-corrected chi connectivity index (χ1v) is 7.84. The Balaban J connectivity index is 0.00000242. The van der Waals surface area contributed by atoms with Crippen LogP contribution in [0, 0.1) is 0 Å². The minimum Gasteiger partial charge on any atom is -0.481 e. The zero-order valence-electron chi connectivity index (χ0n) is 12.6. The lowest BCUT2D eigenvalue weighted by atomic mass is 10.0. The largest absolute Gasteiger partial charge is 0.481 e. The number of carbonyl (C=O) groups is 1. The van der Waals surface area contributed by atoms with E-state index in [1.54, 1.807) is 25.1 Å². The summed E-state index contributed by atoms with van der Waals surface area (Å²) in [7, 11) is 1.96. The van der Waals surface area contributed by atoms with E-state index in [1.807, 2.05) is 11.9 Å². The van der Waals surface area contributed by atoms with Crippen LogP contribution in [-0.4, -0.2) is 43.1 Å². The van der Waals surface area contributed by atoms with Gasteiger partial charge in [-0.1, -0.05) is 23.2 Å². The van der Waals surface area contributed by atoms with Crippen LogP contribution in [0.25, 0.3) is 0 Å². The lowest BCUT2D eigenvalue weighted by molar-refractivity contribution is -0.139. The van der Waals surface area contributed by atoms with Crippen molar-refractivity contribution in [2.45, 2.75) is 31.9 Å². The molecule has 1 aliphatic rings. The SMILES string of the molecule is CNC1CCN(C(=O)C(C)Oc2ccc(Cl)c(Cl)c2)CC1.Cl. The second-order valence-electron chi connectivity index (χ2n) is 5.22. The molecule has 1 unspecified atom stereocenters. The summed E-state index contributed by atoms with van der Waals surface area (Å²) in [6.07, 6.45) is 1.41. The van der Waals surface area contributed by atoms with Crippen molar-refractivity contribution in [2.75, 3.05) is 20.1 Å². The van der Waals surface area contributed by atoms with Gasteiger partial charge in [-0.05, 0) is 38.9 Å². The zero-order chi connectivity index (χ0) is 15.4. The molecule has 1 fully saturated rings. The number of hydrogen-bond donors (Lipinski definition) is 1. The highest BCUT2D eigenvalue weighted by Gasteiger charge is 2.26. The van der Waals surface area contributed by atoms with Gasteiger partial charge in [0.05, 0.1) is 10.0 Å². The number of nitrogens with zero attached hydrogens (tertiary/aromatic N) is 1. The Labute approximate surface area is 147 Å². The van der Waals surface area contributed by atoms with Crippen molar-refractivity contribution >= 4 is 41.5 Å². The molecule has 4 nitrogen and oxygen atoms in total. The zero-order valence-corrected chi connectivity index (χ0v) is 15.0. The molecule has 1 heterocycles. The van der Waals surface area contributed by atoms with Gasteiger partial charge in [-0.3, -0.25) is 4.79 Å². The van der Waals surface area contributed by atoms with Crippen LogP contribution >= 0.6 is 35.6 Å². The lowest BCUT2D eigenvalue weighted by Gasteiger charge is -2.33. The molecule has 0 saturated carbocycles. The molecule has 0 radical (unpaired) electrons. The second kappa shape index (κ2) is 8.82. The van der Waals surface area contributed by atoms with Crippen molar-refractivity contribution < 1.29 is 9.53 Å². The molecule has 0 bridgehead atoms. The molecule has 0 aliphatic carbocycles. The Hall–Kier alpha value is -0.680.